The lowest BCUT2D eigenvalue weighted by Gasteiger charge is -2.23. The van der Waals surface area contributed by atoms with Crippen LogP contribution >= 0.6 is 0 Å². The van der Waals surface area contributed by atoms with Gasteiger partial charge in [0.15, 0.2) is 0 Å². The van der Waals surface area contributed by atoms with Crippen molar-refractivity contribution in [2.24, 2.45) is 11.8 Å². The van der Waals surface area contributed by atoms with Gasteiger partial charge in [-0.3, -0.25) is 0 Å². The molecule has 1 unspecified atom stereocenters. The van der Waals surface area contributed by atoms with Crippen LogP contribution in [-0.4, -0.2) is 11.2 Å². The first-order valence-electron chi connectivity index (χ1n) is 5.54. The second kappa shape index (κ2) is 3.78. The summed E-state index contributed by atoms with van der Waals surface area (Å²) in [5.41, 5.74) is 0. The first kappa shape index (κ1) is 8.55. The van der Waals surface area contributed by atoms with Gasteiger partial charge in [-0.1, -0.05) is 32.1 Å². The van der Waals surface area contributed by atoms with E-state index in [9.17, 15) is 5.11 Å². The highest BCUT2D eigenvalue weighted by molar-refractivity contribution is 4.83. The number of hydrogen-bond donors (Lipinski definition) is 1. The Kier molecular flexibility index (Phi) is 2.69. The standard InChI is InChI=1S/C11H20O/c12-11(10-6-7-10)8-9-4-2-1-3-5-9/h9-12H,1-8H2. The molecule has 1 nitrogen and oxygen atoms in total. The molecule has 0 aromatic carbocycles. The molecule has 0 spiro atoms. The number of aliphatic hydroxyl groups is 1. The molecule has 2 saturated carbocycles. The largest absolute Gasteiger partial charge is 0.393 e. The highest BCUT2D eigenvalue weighted by Crippen LogP contribution is 2.37. The fraction of sp³-hybridized carbons (Fsp3) is 1.00. The Morgan fingerprint density at radius 3 is 2.25 bits per heavy atom. The lowest BCUT2D eigenvalue weighted by Crippen LogP contribution is -2.17. The van der Waals surface area contributed by atoms with Gasteiger partial charge in [0.25, 0.3) is 0 Å². The molecule has 0 aliphatic heterocycles. The van der Waals surface area contributed by atoms with E-state index in [1.165, 1.54) is 44.9 Å². The Morgan fingerprint density at radius 2 is 1.67 bits per heavy atom. The van der Waals surface area contributed by atoms with Crippen LogP contribution in [0.2, 0.25) is 0 Å². The molecule has 0 aromatic rings. The molecule has 1 atom stereocenters. The third-order valence-corrected chi connectivity index (χ3v) is 3.47. The Balaban J connectivity index is 1.69. The molecule has 12 heavy (non-hydrogen) atoms. The van der Waals surface area contributed by atoms with Crippen LogP contribution in [0.25, 0.3) is 0 Å². The minimum atomic E-state index is 0.0492. The zero-order valence-electron chi connectivity index (χ0n) is 7.84. The number of aliphatic hydroxyl groups excluding tert-OH is 1. The number of hydrogen-bond acceptors (Lipinski definition) is 1. The molecule has 0 heterocycles. The summed E-state index contributed by atoms with van der Waals surface area (Å²) >= 11 is 0. The molecule has 2 fully saturated rings. The summed E-state index contributed by atoms with van der Waals surface area (Å²) in [7, 11) is 0. The summed E-state index contributed by atoms with van der Waals surface area (Å²) in [5, 5.41) is 9.74. The molecule has 1 N–H and O–H groups in total. The van der Waals surface area contributed by atoms with E-state index in [2.05, 4.69) is 0 Å². The summed E-state index contributed by atoms with van der Waals surface area (Å²) in [6.07, 6.45) is 10.7. The monoisotopic (exact) mass is 168 g/mol. The van der Waals surface area contributed by atoms with Gasteiger partial charge in [-0.15, -0.1) is 0 Å². The van der Waals surface area contributed by atoms with Gasteiger partial charge in [-0.2, -0.15) is 0 Å². The fourth-order valence-corrected chi connectivity index (χ4v) is 2.44. The molecule has 1 heteroatoms. The molecular weight excluding hydrogens is 148 g/mol. The van der Waals surface area contributed by atoms with E-state index in [-0.39, 0.29) is 6.10 Å². The highest BCUT2D eigenvalue weighted by atomic mass is 16.3. The third kappa shape index (κ3) is 2.22. The Hall–Kier alpha value is -0.0400. The van der Waals surface area contributed by atoms with Crippen LogP contribution in [0.3, 0.4) is 0 Å². The molecule has 2 aliphatic rings. The zero-order chi connectivity index (χ0) is 8.39. The fourth-order valence-electron chi connectivity index (χ4n) is 2.44. The Morgan fingerprint density at radius 1 is 1.00 bits per heavy atom. The van der Waals surface area contributed by atoms with Gasteiger partial charge in [0.05, 0.1) is 6.10 Å². The van der Waals surface area contributed by atoms with Crippen LogP contribution in [0.4, 0.5) is 0 Å². The van der Waals surface area contributed by atoms with Gasteiger partial charge >= 0.3 is 0 Å². The molecule has 0 bridgehead atoms. The average molecular weight is 168 g/mol. The van der Waals surface area contributed by atoms with Crippen LogP contribution in [0.15, 0.2) is 0 Å². The minimum absolute atomic E-state index is 0.0492. The molecule has 2 aliphatic carbocycles. The number of rotatable bonds is 3. The molecular formula is C11H20O. The van der Waals surface area contributed by atoms with E-state index in [0.717, 1.165) is 12.3 Å². The maximum Gasteiger partial charge on any atom is 0.0571 e. The zero-order valence-corrected chi connectivity index (χ0v) is 7.84. The van der Waals surface area contributed by atoms with Gasteiger partial charge in [-0.25, -0.2) is 0 Å². The average Bonchev–Trinajstić information content (AvgIpc) is 2.88. The predicted octanol–water partition coefficient (Wildman–Crippen LogP) is 2.73. The van der Waals surface area contributed by atoms with Gasteiger partial charge in [0.1, 0.15) is 0 Å². The summed E-state index contributed by atoms with van der Waals surface area (Å²) < 4.78 is 0. The maximum absolute atomic E-state index is 9.74. The van der Waals surface area contributed by atoms with Crippen LogP contribution in [-0.2, 0) is 0 Å². The lowest BCUT2D eigenvalue weighted by molar-refractivity contribution is 0.110. The Bertz CT molecular complexity index is 134. The van der Waals surface area contributed by atoms with Crippen molar-refractivity contribution < 1.29 is 5.11 Å². The van der Waals surface area contributed by atoms with E-state index in [1.807, 2.05) is 0 Å². The SMILES string of the molecule is OC(CC1CCCCC1)C1CC1. The van der Waals surface area contributed by atoms with Crippen molar-refractivity contribution in [3.05, 3.63) is 0 Å². The van der Waals surface area contributed by atoms with E-state index in [0.29, 0.717) is 5.92 Å². The summed E-state index contributed by atoms with van der Waals surface area (Å²) in [6.45, 7) is 0. The van der Waals surface area contributed by atoms with Crippen molar-refractivity contribution in [2.75, 3.05) is 0 Å². The highest BCUT2D eigenvalue weighted by Gasteiger charge is 2.31. The molecule has 0 aromatic heterocycles. The van der Waals surface area contributed by atoms with Crippen LogP contribution in [0.1, 0.15) is 51.4 Å². The molecule has 70 valence electrons. The van der Waals surface area contributed by atoms with Crippen LogP contribution in [0, 0.1) is 11.8 Å². The Labute approximate surface area is 75.2 Å². The van der Waals surface area contributed by atoms with E-state index in [4.69, 9.17) is 0 Å². The van der Waals surface area contributed by atoms with Crippen molar-refractivity contribution in [3.63, 3.8) is 0 Å². The second-order valence-electron chi connectivity index (χ2n) is 4.64. The molecule has 0 radical (unpaired) electrons. The van der Waals surface area contributed by atoms with Crippen molar-refractivity contribution in [3.8, 4) is 0 Å². The lowest BCUT2D eigenvalue weighted by atomic mass is 9.85. The topological polar surface area (TPSA) is 20.2 Å². The van der Waals surface area contributed by atoms with Gasteiger partial charge < -0.3 is 5.11 Å². The summed E-state index contributed by atoms with van der Waals surface area (Å²) in [4.78, 5) is 0. The quantitative estimate of drug-likeness (QED) is 0.687. The van der Waals surface area contributed by atoms with Crippen molar-refractivity contribution >= 4 is 0 Å². The van der Waals surface area contributed by atoms with Crippen molar-refractivity contribution in [1.82, 2.24) is 0 Å². The van der Waals surface area contributed by atoms with E-state index >= 15 is 0 Å². The summed E-state index contributed by atoms with van der Waals surface area (Å²) in [6, 6.07) is 0. The van der Waals surface area contributed by atoms with Crippen LogP contribution < -0.4 is 0 Å². The predicted molar refractivity (Wildman–Crippen MR) is 49.9 cm³/mol. The van der Waals surface area contributed by atoms with Gasteiger partial charge in [-0.05, 0) is 31.1 Å². The maximum atomic E-state index is 9.74. The van der Waals surface area contributed by atoms with E-state index in [1.54, 1.807) is 0 Å². The van der Waals surface area contributed by atoms with E-state index < -0.39 is 0 Å². The minimum Gasteiger partial charge on any atom is -0.393 e. The molecule has 0 amide bonds. The third-order valence-electron chi connectivity index (χ3n) is 3.47. The van der Waals surface area contributed by atoms with Crippen molar-refractivity contribution in [1.29, 1.82) is 0 Å². The normalized spacial score (nSPS) is 28.8. The first-order chi connectivity index (χ1) is 5.86. The summed E-state index contributed by atoms with van der Waals surface area (Å²) in [5.74, 6) is 1.54. The molecule has 0 saturated heterocycles. The second-order valence-corrected chi connectivity index (χ2v) is 4.64. The molecule has 2 rings (SSSR count). The first-order valence-corrected chi connectivity index (χ1v) is 5.54. The van der Waals surface area contributed by atoms with Crippen molar-refractivity contribution in [2.45, 2.75) is 57.5 Å². The van der Waals surface area contributed by atoms with Crippen LogP contribution in [0.5, 0.6) is 0 Å². The van der Waals surface area contributed by atoms with Gasteiger partial charge in [0, 0.05) is 0 Å². The van der Waals surface area contributed by atoms with Gasteiger partial charge in [0.2, 0.25) is 0 Å². The smallest absolute Gasteiger partial charge is 0.0571 e.